The highest BCUT2D eigenvalue weighted by atomic mass is 127. The lowest BCUT2D eigenvalue weighted by Gasteiger charge is -2.25. The minimum Gasteiger partial charge on any atom is -0.338 e. The van der Waals surface area contributed by atoms with E-state index in [-0.39, 0.29) is 5.91 Å². The largest absolute Gasteiger partial charge is 0.338 e. The zero-order chi connectivity index (χ0) is 15.4. The Morgan fingerprint density at radius 1 is 1.00 bits per heavy atom. The summed E-state index contributed by atoms with van der Waals surface area (Å²) in [6, 6.07) is 18.5. The molecule has 0 bridgehead atoms. The van der Waals surface area contributed by atoms with Gasteiger partial charge in [0.05, 0.1) is 5.56 Å². The van der Waals surface area contributed by atoms with Gasteiger partial charge in [0.15, 0.2) is 0 Å². The van der Waals surface area contributed by atoms with Crippen molar-refractivity contribution in [3.63, 3.8) is 0 Å². The normalized spacial score (nSPS) is 18.8. The quantitative estimate of drug-likeness (QED) is 0.664. The number of hydrogen-bond donors (Lipinski definition) is 0. The van der Waals surface area contributed by atoms with Crippen molar-refractivity contribution >= 4 is 28.5 Å². The first-order chi connectivity index (χ1) is 10.8. The number of amides is 1. The predicted octanol–water partition coefficient (Wildman–Crippen LogP) is 4.70. The van der Waals surface area contributed by atoms with Crippen LogP contribution < -0.4 is 0 Å². The molecule has 0 aliphatic carbocycles. The van der Waals surface area contributed by atoms with Crippen molar-refractivity contribution in [3.8, 4) is 0 Å². The van der Waals surface area contributed by atoms with Crippen molar-refractivity contribution in [3.05, 3.63) is 69.3 Å². The second-order valence-electron chi connectivity index (χ2n) is 5.83. The van der Waals surface area contributed by atoms with Gasteiger partial charge in [0.25, 0.3) is 5.91 Å². The summed E-state index contributed by atoms with van der Waals surface area (Å²) >= 11 is 2.25. The molecule has 22 heavy (non-hydrogen) atoms. The molecule has 1 heterocycles. The van der Waals surface area contributed by atoms with Gasteiger partial charge in [0.1, 0.15) is 0 Å². The first-order valence-corrected chi connectivity index (χ1v) is 8.92. The molecular weight excluding hydrogens is 385 g/mol. The molecule has 2 aromatic rings. The van der Waals surface area contributed by atoms with Gasteiger partial charge in [-0.25, -0.2) is 0 Å². The average molecular weight is 405 g/mol. The maximum absolute atomic E-state index is 12.9. The van der Waals surface area contributed by atoms with E-state index in [0.717, 1.165) is 28.6 Å². The predicted molar refractivity (Wildman–Crippen MR) is 98.1 cm³/mol. The van der Waals surface area contributed by atoms with Crippen molar-refractivity contribution < 1.29 is 4.79 Å². The minimum atomic E-state index is 0.174. The Kier molecular flexibility index (Phi) is 5.13. The van der Waals surface area contributed by atoms with Crippen LogP contribution in [0.1, 0.15) is 41.1 Å². The highest BCUT2D eigenvalue weighted by molar-refractivity contribution is 14.1. The van der Waals surface area contributed by atoms with E-state index in [1.165, 1.54) is 18.4 Å². The van der Waals surface area contributed by atoms with E-state index in [2.05, 4.69) is 52.9 Å². The Hall–Kier alpha value is -1.36. The smallest absolute Gasteiger partial charge is 0.254 e. The van der Waals surface area contributed by atoms with Crippen molar-refractivity contribution in [1.82, 2.24) is 4.90 Å². The van der Waals surface area contributed by atoms with E-state index < -0.39 is 0 Å². The summed E-state index contributed by atoms with van der Waals surface area (Å²) in [6.45, 7) is 1.70. The third-order valence-corrected chi connectivity index (χ3v) is 5.27. The molecule has 1 fully saturated rings. The second kappa shape index (κ2) is 7.27. The van der Waals surface area contributed by atoms with Crippen LogP contribution in [0.4, 0.5) is 0 Å². The molecule has 1 aliphatic rings. The minimum absolute atomic E-state index is 0.174. The highest BCUT2D eigenvalue weighted by Crippen LogP contribution is 2.27. The Morgan fingerprint density at radius 3 is 2.50 bits per heavy atom. The molecule has 0 radical (unpaired) electrons. The number of carbonyl (C=O) groups excluding carboxylic acids is 1. The van der Waals surface area contributed by atoms with Crippen molar-refractivity contribution in [1.29, 1.82) is 0 Å². The van der Waals surface area contributed by atoms with Gasteiger partial charge >= 0.3 is 0 Å². The van der Waals surface area contributed by atoms with E-state index in [0.29, 0.717) is 5.92 Å². The summed E-state index contributed by atoms with van der Waals surface area (Å²) in [5.74, 6) is 0.627. The first-order valence-electron chi connectivity index (χ1n) is 7.84. The fourth-order valence-electron chi connectivity index (χ4n) is 3.13. The third-order valence-electron chi connectivity index (χ3n) is 4.33. The van der Waals surface area contributed by atoms with Crippen molar-refractivity contribution in [2.75, 3.05) is 13.1 Å². The van der Waals surface area contributed by atoms with E-state index in [1.54, 1.807) is 0 Å². The number of likely N-dealkylation sites (tertiary alicyclic amines) is 1. The standard InChI is InChI=1S/C19H20INO/c20-18-12-5-4-11-17(18)19(22)21-13-7-6-10-16(14-21)15-8-2-1-3-9-15/h1-5,8-9,11-12,16H,6-7,10,13-14H2. The van der Waals surface area contributed by atoms with E-state index in [1.807, 2.05) is 29.2 Å². The summed E-state index contributed by atoms with van der Waals surface area (Å²) < 4.78 is 1.03. The van der Waals surface area contributed by atoms with E-state index in [9.17, 15) is 4.79 Å². The number of rotatable bonds is 2. The molecule has 0 spiro atoms. The monoisotopic (exact) mass is 405 g/mol. The maximum Gasteiger partial charge on any atom is 0.254 e. The summed E-state index contributed by atoms with van der Waals surface area (Å²) in [5, 5.41) is 0. The average Bonchev–Trinajstić information content (AvgIpc) is 2.82. The molecule has 1 saturated heterocycles. The zero-order valence-electron chi connectivity index (χ0n) is 12.5. The summed E-state index contributed by atoms with van der Waals surface area (Å²) in [5.41, 5.74) is 2.18. The molecule has 3 heteroatoms. The van der Waals surface area contributed by atoms with Gasteiger partial charge in [0, 0.05) is 22.6 Å². The van der Waals surface area contributed by atoms with Crippen LogP contribution in [0.15, 0.2) is 54.6 Å². The van der Waals surface area contributed by atoms with Gasteiger partial charge in [-0.1, -0.05) is 48.9 Å². The number of nitrogens with zero attached hydrogens (tertiary/aromatic N) is 1. The molecular formula is C19H20INO. The fourth-order valence-corrected chi connectivity index (χ4v) is 3.75. The number of benzene rings is 2. The third kappa shape index (κ3) is 3.51. The summed E-state index contributed by atoms with van der Waals surface area (Å²) in [6.07, 6.45) is 3.45. The SMILES string of the molecule is O=C(c1ccccc1I)N1CCCCC(c2ccccc2)C1. The Bertz CT molecular complexity index is 641. The highest BCUT2D eigenvalue weighted by Gasteiger charge is 2.24. The molecule has 1 atom stereocenters. The molecule has 0 N–H and O–H groups in total. The van der Waals surface area contributed by atoms with Crippen molar-refractivity contribution in [2.24, 2.45) is 0 Å². The Labute approximate surface area is 145 Å². The summed E-state index contributed by atoms with van der Waals surface area (Å²) in [4.78, 5) is 14.9. The van der Waals surface area contributed by atoms with Gasteiger partial charge in [-0.3, -0.25) is 4.79 Å². The van der Waals surface area contributed by atoms with E-state index >= 15 is 0 Å². The Morgan fingerprint density at radius 2 is 1.73 bits per heavy atom. The molecule has 1 amide bonds. The van der Waals surface area contributed by atoms with Gasteiger partial charge < -0.3 is 4.90 Å². The molecule has 1 unspecified atom stereocenters. The first kappa shape index (κ1) is 15.5. The molecule has 0 aromatic heterocycles. The molecule has 1 aliphatic heterocycles. The van der Waals surface area contributed by atoms with Gasteiger partial charge in [-0.05, 0) is 53.1 Å². The summed E-state index contributed by atoms with van der Waals surface area (Å²) in [7, 11) is 0. The van der Waals surface area contributed by atoms with Crippen LogP contribution >= 0.6 is 22.6 Å². The molecule has 3 rings (SSSR count). The Balaban J connectivity index is 1.81. The second-order valence-corrected chi connectivity index (χ2v) is 7.00. The van der Waals surface area contributed by atoms with Crippen LogP contribution in [0.25, 0.3) is 0 Å². The van der Waals surface area contributed by atoms with Crippen LogP contribution in [0, 0.1) is 3.57 Å². The van der Waals surface area contributed by atoms with Crippen LogP contribution in [-0.2, 0) is 0 Å². The maximum atomic E-state index is 12.9. The molecule has 2 nitrogen and oxygen atoms in total. The number of carbonyl (C=O) groups is 1. The van der Waals surface area contributed by atoms with Crippen LogP contribution in [-0.4, -0.2) is 23.9 Å². The van der Waals surface area contributed by atoms with Crippen LogP contribution in [0.2, 0.25) is 0 Å². The van der Waals surface area contributed by atoms with Gasteiger partial charge in [0.2, 0.25) is 0 Å². The lowest BCUT2D eigenvalue weighted by Crippen LogP contribution is -2.34. The van der Waals surface area contributed by atoms with Gasteiger partial charge in [-0.2, -0.15) is 0 Å². The number of hydrogen-bond acceptors (Lipinski definition) is 1. The zero-order valence-corrected chi connectivity index (χ0v) is 14.7. The lowest BCUT2D eigenvalue weighted by atomic mass is 9.94. The number of halogens is 1. The fraction of sp³-hybridized carbons (Fsp3) is 0.316. The van der Waals surface area contributed by atoms with Crippen LogP contribution in [0.3, 0.4) is 0 Å². The van der Waals surface area contributed by atoms with E-state index in [4.69, 9.17) is 0 Å². The lowest BCUT2D eigenvalue weighted by molar-refractivity contribution is 0.0753. The van der Waals surface area contributed by atoms with Crippen molar-refractivity contribution in [2.45, 2.75) is 25.2 Å². The molecule has 114 valence electrons. The van der Waals surface area contributed by atoms with Crippen LogP contribution in [0.5, 0.6) is 0 Å². The topological polar surface area (TPSA) is 20.3 Å². The molecule has 0 saturated carbocycles. The van der Waals surface area contributed by atoms with Gasteiger partial charge in [-0.15, -0.1) is 0 Å². The molecule has 2 aromatic carbocycles.